The third-order valence-electron chi connectivity index (χ3n) is 3.56. The first-order valence-electron chi connectivity index (χ1n) is 6.82. The van der Waals surface area contributed by atoms with Crippen LogP contribution in [0.2, 0.25) is 0 Å². The number of benzene rings is 2. The van der Waals surface area contributed by atoms with Gasteiger partial charge in [-0.1, -0.05) is 30.8 Å². The number of rotatable bonds is 4. The third kappa shape index (κ3) is 2.63. The first-order valence-corrected chi connectivity index (χ1v) is 8.37. The highest BCUT2D eigenvalue weighted by Gasteiger charge is 2.09. The second kappa shape index (κ2) is 5.35. The molecule has 0 amide bonds. The minimum atomic E-state index is -3.50. The van der Waals surface area contributed by atoms with Gasteiger partial charge in [0.2, 0.25) is 0 Å². The molecular weight excluding hydrogens is 296 g/mol. The molecule has 0 aliphatic heterocycles. The normalized spacial score (nSPS) is 11.5. The van der Waals surface area contributed by atoms with Crippen molar-refractivity contribution in [2.45, 2.75) is 6.92 Å². The fourth-order valence-corrected chi connectivity index (χ4v) is 3.09. The fraction of sp³-hybridized carbons (Fsp3) is 0.0588. The second-order valence-corrected chi connectivity index (χ2v) is 6.72. The lowest BCUT2D eigenvalue weighted by Crippen LogP contribution is -2.08. The summed E-state index contributed by atoms with van der Waals surface area (Å²) in [6.07, 6.45) is 1.97. The summed E-state index contributed by atoms with van der Waals surface area (Å²) in [5, 5.41) is 2.04. The van der Waals surface area contributed by atoms with Gasteiger partial charge in [-0.05, 0) is 41.8 Å². The molecule has 0 bridgehead atoms. The number of hydrogen-bond donors (Lipinski definition) is 2. The molecule has 0 aliphatic rings. The van der Waals surface area contributed by atoms with Gasteiger partial charge in [0.05, 0.1) is 0 Å². The van der Waals surface area contributed by atoms with Crippen LogP contribution in [0.3, 0.4) is 0 Å². The van der Waals surface area contributed by atoms with E-state index in [9.17, 15) is 8.42 Å². The van der Waals surface area contributed by atoms with Crippen LogP contribution in [0.15, 0.2) is 60.6 Å². The Morgan fingerprint density at radius 2 is 1.95 bits per heavy atom. The minimum Gasteiger partial charge on any atom is -0.361 e. The summed E-state index contributed by atoms with van der Waals surface area (Å²) in [7, 11) is -3.50. The predicted molar refractivity (Wildman–Crippen MR) is 91.2 cm³/mol. The van der Waals surface area contributed by atoms with Crippen molar-refractivity contribution >= 4 is 26.6 Å². The lowest BCUT2D eigenvalue weighted by Gasteiger charge is -2.09. The fourth-order valence-electron chi connectivity index (χ4n) is 2.55. The van der Waals surface area contributed by atoms with E-state index in [0.717, 1.165) is 33.0 Å². The van der Waals surface area contributed by atoms with Gasteiger partial charge in [-0.25, -0.2) is 8.42 Å². The monoisotopic (exact) mass is 312 g/mol. The molecule has 0 saturated heterocycles. The number of aromatic amines is 1. The number of H-pyrrole nitrogens is 1. The molecule has 5 heteroatoms. The second-order valence-electron chi connectivity index (χ2n) is 5.09. The van der Waals surface area contributed by atoms with E-state index in [2.05, 4.69) is 16.3 Å². The highest BCUT2D eigenvalue weighted by molar-refractivity contribution is 7.95. The summed E-state index contributed by atoms with van der Waals surface area (Å²) in [6.45, 7) is 5.35. The third-order valence-corrected chi connectivity index (χ3v) is 4.52. The molecule has 0 spiro atoms. The van der Waals surface area contributed by atoms with Gasteiger partial charge < -0.3 is 4.98 Å². The number of fused-ring (bicyclic) bond motifs is 1. The summed E-state index contributed by atoms with van der Waals surface area (Å²) in [6, 6.07) is 13.4. The molecular formula is C17H16N2O2S. The van der Waals surface area contributed by atoms with Gasteiger partial charge in [-0.3, -0.25) is 4.72 Å². The van der Waals surface area contributed by atoms with E-state index in [4.69, 9.17) is 0 Å². The molecule has 2 aromatic carbocycles. The van der Waals surface area contributed by atoms with Crippen LogP contribution in [0, 0.1) is 6.92 Å². The van der Waals surface area contributed by atoms with E-state index in [1.165, 1.54) is 0 Å². The highest BCUT2D eigenvalue weighted by atomic mass is 32.2. The lowest BCUT2D eigenvalue weighted by molar-refractivity contribution is 0.609. The Balaban J connectivity index is 2.12. The smallest absolute Gasteiger partial charge is 0.254 e. The molecule has 0 fully saturated rings. The Morgan fingerprint density at radius 3 is 2.73 bits per heavy atom. The van der Waals surface area contributed by atoms with Crippen molar-refractivity contribution in [3.05, 3.63) is 66.2 Å². The van der Waals surface area contributed by atoms with Crippen molar-refractivity contribution in [1.82, 2.24) is 4.98 Å². The van der Waals surface area contributed by atoms with E-state index in [1.807, 2.05) is 49.5 Å². The van der Waals surface area contributed by atoms with Crippen molar-refractivity contribution in [1.29, 1.82) is 0 Å². The summed E-state index contributed by atoms with van der Waals surface area (Å²) >= 11 is 0. The van der Waals surface area contributed by atoms with Crippen LogP contribution >= 0.6 is 0 Å². The Labute approximate surface area is 129 Å². The molecule has 0 radical (unpaired) electrons. The van der Waals surface area contributed by atoms with Gasteiger partial charge in [0.1, 0.15) is 0 Å². The molecule has 22 heavy (non-hydrogen) atoms. The van der Waals surface area contributed by atoms with E-state index in [-0.39, 0.29) is 0 Å². The maximum atomic E-state index is 11.6. The van der Waals surface area contributed by atoms with Crippen LogP contribution in [-0.4, -0.2) is 13.4 Å². The van der Waals surface area contributed by atoms with Crippen molar-refractivity contribution in [3.8, 4) is 11.1 Å². The molecule has 0 aliphatic carbocycles. The summed E-state index contributed by atoms with van der Waals surface area (Å²) < 4.78 is 25.7. The number of sulfonamides is 1. The largest absolute Gasteiger partial charge is 0.361 e. The van der Waals surface area contributed by atoms with Gasteiger partial charge in [-0.2, -0.15) is 0 Å². The number of aryl methyl sites for hydroxylation is 1. The standard InChI is InChI=1S/C17H16N2O2S/c1-3-22(20,21)19-14-7-4-6-13(10-14)15-8-5-9-16-17(15)12(2)11-18-16/h3-11,18-19H,1H2,2H3. The molecule has 0 atom stereocenters. The van der Waals surface area contributed by atoms with E-state index in [1.54, 1.807) is 6.07 Å². The summed E-state index contributed by atoms with van der Waals surface area (Å²) in [5.74, 6) is 0. The molecule has 0 unspecified atom stereocenters. The Kier molecular flexibility index (Phi) is 3.50. The number of hydrogen-bond acceptors (Lipinski definition) is 2. The molecule has 2 N–H and O–H groups in total. The van der Waals surface area contributed by atoms with Crippen LogP contribution < -0.4 is 4.72 Å². The van der Waals surface area contributed by atoms with Crippen molar-refractivity contribution in [3.63, 3.8) is 0 Å². The zero-order valence-corrected chi connectivity index (χ0v) is 12.9. The molecule has 0 saturated carbocycles. The van der Waals surface area contributed by atoms with Crippen molar-refractivity contribution < 1.29 is 8.42 Å². The molecule has 3 aromatic rings. The zero-order chi connectivity index (χ0) is 15.7. The zero-order valence-electron chi connectivity index (χ0n) is 12.1. The van der Waals surface area contributed by atoms with Gasteiger partial charge in [-0.15, -0.1) is 0 Å². The minimum absolute atomic E-state index is 0.516. The highest BCUT2D eigenvalue weighted by Crippen LogP contribution is 2.32. The summed E-state index contributed by atoms with van der Waals surface area (Å²) in [4.78, 5) is 3.24. The van der Waals surface area contributed by atoms with Gasteiger partial charge in [0, 0.05) is 28.2 Å². The van der Waals surface area contributed by atoms with Crippen molar-refractivity contribution in [2.75, 3.05) is 4.72 Å². The van der Waals surface area contributed by atoms with Gasteiger partial charge in [0.25, 0.3) is 10.0 Å². The van der Waals surface area contributed by atoms with Gasteiger partial charge >= 0.3 is 0 Å². The first kappa shape index (κ1) is 14.4. The Bertz CT molecular complexity index is 956. The lowest BCUT2D eigenvalue weighted by atomic mass is 9.99. The topological polar surface area (TPSA) is 62.0 Å². The average Bonchev–Trinajstić information content (AvgIpc) is 2.89. The SMILES string of the molecule is C=CS(=O)(=O)Nc1cccc(-c2cccc3[nH]cc(C)c23)c1. The Hall–Kier alpha value is -2.53. The van der Waals surface area contributed by atoms with E-state index >= 15 is 0 Å². The Morgan fingerprint density at radius 1 is 1.18 bits per heavy atom. The maximum Gasteiger partial charge on any atom is 0.254 e. The van der Waals surface area contributed by atoms with Crippen LogP contribution in [0.25, 0.3) is 22.0 Å². The van der Waals surface area contributed by atoms with Crippen LogP contribution in [-0.2, 0) is 10.0 Å². The molecule has 4 nitrogen and oxygen atoms in total. The number of aromatic nitrogens is 1. The van der Waals surface area contributed by atoms with Crippen molar-refractivity contribution in [2.24, 2.45) is 0 Å². The average molecular weight is 312 g/mol. The van der Waals surface area contributed by atoms with Crippen LogP contribution in [0.4, 0.5) is 5.69 Å². The predicted octanol–water partition coefficient (Wildman–Crippen LogP) is 4.03. The molecule has 1 aromatic heterocycles. The number of anilines is 1. The molecule has 3 rings (SSSR count). The molecule has 112 valence electrons. The number of nitrogens with one attached hydrogen (secondary N) is 2. The molecule has 1 heterocycles. The van der Waals surface area contributed by atoms with E-state index in [0.29, 0.717) is 5.69 Å². The van der Waals surface area contributed by atoms with Crippen LogP contribution in [0.5, 0.6) is 0 Å². The maximum absolute atomic E-state index is 11.6. The first-order chi connectivity index (χ1) is 10.5. The van der Waals surface area contributed by atoms with Gasteiger partial charge in [0.15, 0.2) is 0 Å². The quantitative estimate of drug-likeness (QED) is 0.764. The van der Waals surface area contributed by atoms with E-state index < -0.39 is 10.0 Å². The summed E-state index contributed by atoms with van der Waals surface area (Å²) in [5.41, 5.74) is 4.76. The van der Waals surface area contributed by atoms with Crippen LogP contribution in [0.1, 0.15) is 5.56 Å².